The van der Waals surface area contributed by atoms with Gasteiger partial charge in [-0.15, -0.1) is 0 Å². The van der Waals surface area contributed by atoms with Gasteiger partial charge >= 0.3 is 0 Å². The molecule has 1 aromatic heterocycles. The lowest BCUT2D eigenvalue weighted by Crippen LogP contribution is -2.14. The Kier molecular flexibility index (Phi) is 4.19. The topological polar surface area (TPSA) is 99.0 Å². The quantitative estimate of drug-likeness (QED) is 0.665. The third-order valence-electron chi connectivity index (χ3n) is 2.97. The number of hydrogen-bond acceptors (Lipinski definition) is 6. The zero-order valence-corrected chi connectivity index (χ0v) is 12.5. The van der Waals surface area contributed by atoms with Crippen molar-refractivity contribution < 1.29 is 9.84 Å². The van der Waals surface area contributed by atoms with E-state index in [4.69, 9.17) is 10.00 Å². The average molecular weight is 303 g/mol. The van der Waals surface area contributed by atoms with Crippen LogP contribution in [0.25, 0.3) is 11.3 Å². The van der Waals surface area contributed by atoms with Crippen molar-refractivity contribution in [3.8, 4) is 28.8 Å². The second-order valence-corrected chi connectivity index (χ2v) is 5.04. The van der Waals surface area contributed by atoms with Crippen LogP contribution in [0.15, 0.2) is 22.1 Å². The van der Waals surface area contributed by atoms with E-state index in [-0.39, 0.29) is 22.6 Å². The van der Waals surface area contributed by atoms with E-state index >= 15 is 0 Å². The number of hydrogen-bond donors (Lipinski definition) is 2. The molecule has 7 heteroatoms. The normalized spacial score (nSPS) is 10.2. The van der Waals surface area contributed by atoms with E-state index in [1.54, 1.807) is 19.2 Å². The largest absolute Gasteiger partial charge is 0.507 e. The van der Waals surface area contributed by atoms with Crippen LogP contribution in [0.1, 0.15) is 11.1 Å². The number of aromatic amines is 1. The fraction of sp³-hybridized carbons (Fsp3) is 0.214. The maximum Gasteiger partial charge on any atom is 0.270 e. The SMILES string of the molecule is COc1cc(-c2nc(SC)[nH]c(=O)c2C#N)c(O)cc1C. The van der Waals surface area contributed by atoms with Gasteiger partial charge in [-0.2, -0.15) is 5.26 Å². The number of methoxy groups -OCH3 is 1. The summed E-state index contributed by atoms with van der Waals surface area (Å²) in [4.78, 5) is 18.6. The number of nitrogens with zero attached hydrogens (tertiary/aromatic N) is 2. The zero-order chi connectivity index (χ0) is 15.6. The van der Waals surface area contributed by atoms with Gasteiger partial charge in [0.2, 0.25) is 0 Å². The van der Waals surface area contributed by atoms with Gasteiger partial charge in [0.25, 0.3) is 5.56 Å². The van der Waals surface area contributed by atoms with E-state index in [0.717, 1.165) is 5.56 Å². The number of nitrogens with one attached hydrogen (secondary N) is 1. The number of phenols is 1. The van der Waals surface area contributed by atoms with Crippen molar-refractivity contribution in [2.24, 2.45) is 0 Å². The van der Waals surface area contributed by atoms with Crippen LogP contribution in [0.5, 0.6) is 11.5 Å². The second-order valence-electron chi connectivity index (χ2n) is 4.25. The lowest BCUT2D eigenvalue weighted by Gasteiger charge is -2.11. The molecule has 1 aromatic carbocycles. The van der Waals surface area contributed by atoms with Gasteiger partial charge in [-0.25, -0.2) is 4.98 Å². The fourth-order valence-electron chi connectivity index (χ4n) is 1.93. The van der Waals surface area contributed by atoms with E-state index in [9.17, 15) is 9.90 Å². The molecule has 0 aliphatic rings. The van der Waals surface area contributed by atoms with E-state index in [2.05, 4.69) is 9.97 Å². The number of H-pyrrole nitrogens is 1. The summed E-state index contributed by atoms with van der Waals surface area (Å²) in [5, 5.41) is 19.7. The molecule has 0 aliphatic heterocycles. The average Bonchev–Trinajstić information content (AvgIpc) is 2.46. The van der Waals surface area contributed by atoms with Gasteiger partial charge in [-0.05, 0) is 30.9 Å². The number of rotatable bonds is 3. The van der Waals surface area contributed by atoms with Crippen LogP contribution in [-0.4, -0.2) is 28.4 Å². The number of nitriles is 1. The Hall–Kier alpha value is -2.46. The molecule has 0 spiro atoms. The maximum atomic E-state index is 11.9. The number of benzene rings is 1. The van der Waals surface area contributed by atoms with Gasteiger partial charge in [-0.3, -0.25) is 4.79 Å². The molecule has 0 aliphatic carbocycles. The molecule has 21 heavy (non-hydrogen) atoms. The predicted octanol–water partition coefficient (Wildman–Crippen LogP) is 2.05. The summed E-state index contributed by atoms with van der Waals surface area (Å²) in [5.74, 6) is 0.481. The first kappa shape index (κ1) is 14.9. The molecule has 2 aromatic rings. The van der Waals surface area contributed by atoms with Gasteiger partial charge in [0.05, 0.1) is 7.11 Å². The minimum Gasteiger partial charge on any atom is -0.507 e. The molecule has 2 N–H and O–H groups in total. The van der Waals surface area contributed by atoms with Gasteiger partial charge < -0.3 is 14.8 Å². The Morgan fingerprint density at radius 2 is 2.19 bits per heavy atom. The minimum atomic E-state index is -0.536. The second kappa shape index (κ2) is 5.89. The van der Waals surface area contributed by atoms with Crippen LogP contribution in [0, 0.1) is 18.3 Å². The Morgan fingerprint density at radius 3 is 2.76 bits per heavy atom. The number of aromatic nitrogens is 2. The summed E-state index contributed by atoms with van der Waals surface area (Å²) in [6.45, 7) is 1.78. The van der Waals surface area contributed by atoms with Crippen molar-refractivity contribution in [3.05, 3.63) is 33.6 Å². The molecule has 0 unspecified atom stereocenters. The molecule has 0 radical (unpaired) electrons. The Bertz CT molecular complexity index is 793. The Labute approximate surface area is 125 Å². The highest BCUT2D eigenvalue weighted by Gasteiger charge is 2.18. The molecule has 0 bridgehead atoms. The fourth-order valence-corrected chi connectivity index (χ4v) is 2.31. The van der Waals surface area contributed by atoms with Crippen LogP contribution in [0.4, 0.5) is 0 Å². The highest BCUT2D eigenvalue weighted by Crippen LogP contribution is 2.35. The molecule has 6 nitrogen and oxygen atoms in total. The number of aryl methyl sites for hydroxylation is 1. The summed E-state index contributed by atoms with van der Waals surface area (Å²) in [6, 6.07) is 4.90. The van der Waals surface area contributed by atoms with E-state index in [0.29, 0.717) is 10.9 Å². The van der Waals surface area contributed by atoms with Crippen molar-refractivity contribution >= 4 is 11.8 Å². The Morgan fingerprint density at radius 1 is 1.48 bits per heavy atom. The van der Waals surface area contributed by atoms with Crippen LogP contribution < -0.4 is 10.3 Å². The summed E-state index contributed by atoms with van der Waals surface area (Å²) in [6.07, 6.45) is 1.75. The molecule has 0 amide bonds. The molecule has 108 valence electrons. The monoisotopic (exact) mass is 303 g/mol. The third-order valence-corrected chi connectivity index (χ3v) is 3.55. The van der Waals surface area contributed by atoms with Gasteiger partial charge in [-0.1, -0.05) is 11.8 Å². The predicted molar refractivity (Wildman–Crippen MR) is 79.7 cm³/mol. The Balaban J connectivity index is 2.81. The molecule has 0 fully saturated rings. The molecule has 0 saturated heterocycles. The summed E-state index contributed by atoms with van der Waals surface area (Å²) in [7, 11) is 1.51. The van der Waals surface area contributed by atoms with E-state index in [1.165, 1.54) is 24.9 Å². The third kappa shape index (κ3) is 2.71. The minimum absolute atomic E-state index is 0.0602. The smallest absolute Gasteiger partial charge is 0.270 e. The van der Waals surface area contributed by atoms with Crippen LogP contribution in [0.2, 0.25) is 0 Å². The number of aromatic hydroxyl groups is 1. The lowest BCUT2D eigenvalue weighted by atomic mass is 10.0. The van der Waals surface area contributed by atoms with Crippen molar-refractivity contribution in [1.29, 1.82) is 5.26 Å². The first-order valence-electron chi connectivity index (χ1n) is 5.98. The van der Waals surface area contributed by atoms with Gasteiger partial charge in [0, 0.05) is 5.56 Å². The molecular weight excluding hydrogens is 290 g/mol. The lowest BCUT2D eigenvalue weighted by molar-refractivity contribution is 0.409. The summed E-state index contributed by atoms with van der Waals surface area (Å²) in [5.41, 5.74) is 0.490. The maximum absolute atomic E-state index is 11.9. The van der Waals surface area contributed by atoms with Crippen molar-refractivity contribution in [2.75, 3.05) is 13.4 Å². The van der Waals surface area contributed by atoms with Crippen molar-refractivity contribution in [2.45, 2.75) is 12.1 Å². The first-order valence-corrected chi connectivity index (χ1v) is 7.20. The highest BCUT2D eigenvalue weighted by molar-refractivity contribution is 7.98. The molecule has 0 saturated carbocycles. The molecule has 1 heterocycles. The molecule has 2 rings (SSSR count). The number of thioether (sulfide) groups is 1. The van der Waals surface area contributed by atoms with Crippen molar-refractivity contribution in [3.63, 3.8) is 0 Å². The van der Waals surface area contributed by atoms with Crippen LogP contribution in [-0.2, 0) is 0 Å². The molecular formula is C14H13N3O3S. The van der Waals surface area contributed by atoms with E-state index < -0.39 is 5.56 Å². The van der Waals surface area contributed by atoms with E-state index in [1.807, 2.05) is 6.07 Å². The van der Waals surface area contributed by atoms with Gasteiger partial charge in [0.15, 0.2) is 5.16 Å². The van der Waals surface area contributed by atoms with Crippen LogP contribution in [0.3, 0.4) is 0 Å². The summed E-state index contributed by atoms with van der Waals surface area (Å²) >= 11 is 1.24. The first-order chi connectivity index (χ1) is 10.0. The molecule has 0 atom stereocenters. The highest BCUT2D eigenvalue weighted by atomic mass is 32.2. The number of phenolic OH excluding ortho intramolecular Hbond substituents is 1. The summed E-state index contributed by atoms with van der Waals surface area (Å²) < 4.78 is 5.21. The standard InChI is InChI=1S/C14H13N3O3S/c1-7-4-10(18)8(5-11(7)20-2)12-9(6-15)13(19)17-14(16-12)21-3/h4-5,18H,1-3H3,(H,16,17,19). The number of ether oxygens (including phenoxy) is 1. The van der Waals surface area contributed by atoms with Crippen molar-refractivity contribution in [1.82, 2.24) is 9.97 Å². The zero-order valence-electron chi connectivity index (χ0n) is 11.7. The van der Waals surface area contributed by atoms with Crippen LogP contribution >= 0.6 is 11.8 Å². The van der Waals surface area contributed by atoms with Gasteiger partial charge in [0.1, 0.15) is 28.8 Å².